The minimum Gasteiger partial charge on any atom is -0.445 e. The monoisotopic (exact) mass is 353 g/mol. The van der Waals surface area contributed by atoms with Crippen LogP contribution in [0, 0.1) is 0 Å². The molecule has 0 spiro atoms. The highest BCUT2D eigenvalue weighted by Gasteiger charge is 2.30. The first-order valence-electron chi connectivity index (χ1n) is 9.39. The van der Waals surface area contributed by atoms with E-state index in [9.17, 15) is 4.79 Å². The van der Waals surface area contributed by atoms with Crippen molar-refractivity contribution >= 4 is 5.91 Å². The lowest BCUT2D eigenvalue weighted by Crippen LogP contribution is -2.41. The molecule has 3 aliphatic rings. The molecule has 0 aliphatic carbocycles. The summed E-state index contributed by atoms with van der Waals surface area (Å²) < 4.78 is 11.4. The molecular weight excluding hydrogens is 330 g/mol. The van der Waals surface area contributed by atoms with Crippen molar-refractivity contribution in [3.05, 3.63) is 52.7 Å². The lowest BCUT2D eigenvalue weighted by Gasteiger charge is -2.27. The van der Waals surface area contributed by atoms with E-state index in [-0.39, 0.29) is 11.8 Å². The van der Waals surface area contributed by atoms with E-state index < -0.39 is 0 Å². The van der Waals surface area contributed by atoms with Gasteiger partial charge in [0, 0.05) is 32.7 Å². The molecule has 6 heteroatoms. The van der Waals surface area contributed by atoms with Crippen molar-refractivity contribution in [1.29, 1.82) is 0 Å². The summed E-state index contributed by atoms with van der Waals surface area (Å²) in [4.78, 5) is 21.6. The number of ether oxygens (including phenoxy) is 1. The van der Waals surface area contributed by atoms with Crippen LogP contribution in [-0.2, 0) is 35.6 Å². The van der Waals surface area contributed by atoms with Crippen molar-refractivity contribution in [2.24, 2.45) is 0 Å². The normalized spacial score (nSPS) is 22.5. The number of hydrogen-bond acceptors (Lipinski definition) is 5. The van der Waals surface area contributed by atoms with Crippen molar-refractivity contribution in [3.63, 3.8) is 0 Å². The molecule has 1 saturated heterocycles. The second-order valence-corrected chi connectivity index (χ2v) is 7.46. The third-order valence-electron chi connectivity index (χ3n) is 5.64. The van der Waals surface area contributed by atoms with E-state index in [1.165, 1.54) is 11.1 Å². The highest BCUT2D eigenvalue weighted by Crippen LogP contribution is 2.29. The number of amides is 1. The van der Waals surface area contributed by atoms with Gasteiger partial charge in [0.25, 0.3) is 0 Å². The average Bonchev–Trinajstić information content (AvgIpc) is 3.38. The number of nitrogens with zero attached hydrogens (tertiary/aromatic N) is 3. The second kappa shape index (κ2) is 6.52. The van der Waals surface area contributed by atoms with E-state index in [1.807, 2.05) is 4.90 Å². The SMILES string of the molecule is O=C(CN1Cc2ccccc2C1)N1CCc2oc(C3CCOC3)nc2C1. The van der Waals surface area contributed by atoms with E-state index in [0.29, 0.717) is 26.2 Å². The van der Waals surface area contributed by atoms with E-state index in [2.05, 4.69) is 34.1 Å². The van der Waals surface area contributed by atoms with Gasteiger partial charge in [-0.2, -0.15) is 0 Å². The number of fused-ring (bicyclic) bond motifs is 2. The number of hydrogen-bond donors (Lipinski definition) is 0. The topological polar surface area (TPSA) is 58.8 Å². The highest BCUT2D eigenvalue weighted by atomic mass is 16.5. The zero-order chi connectivity index (χ0) is 17.5. The number of carbonyl (C=O) groups excluding carboxylic acids is 1. The number of oxazole rings is 1. The maximum absolute atomic E-state index is 12.8. The van der Waals surface area contributed by atoms with E-state index in [1.54, 1.807) is 0 Å². The predicted octanol–water partition coefficient (Wildman–Crippen LogP) is 2.08. The van der Waals surface area contributed by atoms with Gasteiger partial charge < -0.3 is 14.1 Å². The third-order valence-corrected chi connectivity index (χ3v) is 5.64. The Hall–Kier alpha value is -2.18. The van der Waals surface area contributed by atoms with Crippen LogP contribution >= 0.6 is 0 Å². The quantitative estimate of drug-likeness (QED) is 0.846. The van der Waals surface area contributed by atoms with Crippen molar-refractivity contribution in [1.82, 2.24) is 14.8 Å². The van der Waals surface area contributed by atoms with E-state index in [0.717, 1.165) is 49.9 Å². The molecule has 1 atom stereocenters. The van der Waals surface area contributed by atoms with Crippen LogP contribution in [0.5, 0.6) is 0 Å². The lowest BCUT2D eigenvalue weighted by molar-refractivity contribution is -0.133. The van der Waals surface area contributed by atoms with E-state index in [4.69, 9.17) is 9.15 Å². The fraction of sp³-hybridized carbons (Fsp3) is 0.500. The van der Waals surface area contributed by atoms with Gasteiger partial charge in [0.05, 0.1) is 25.6 Å². The van der Waals surface area contributed by atoms with Gasteiger partial charge in [-0.1, -0.05) is 24.3 Å². The van der Waals surface area contributed by atoms with Gasteiger partial charge in [-0.05, 0) is 17.5 Å². The molecule has 1 aromatic carbocycles. The van der Waals surface area contributed by atoms with Crippen LogP contribution in [-0.4, -0.2) is 47.0 Å². The summed E-state index contributed by atoms with van der Waals surface area (Å²) in [6.45, 7) is 4.92. The molecule has 2 aromatic rings. The Kier molecular flexibility index (Phi) is 4.02. The molecule has 0 N–H and O–H groups in total. The number of aromatic nitrogens is 1. The predicted molar refractivity (Wildman–Crippen MR) is 94.4 cm³/mol. The Morgan fingerprint density at radius 1 is 1.19 bits per heavy atom. The number of carbonyl (C=O) groups is 1. The largest absolute Gasteiger partial charge is 0.445 e. The Morgan fingerprint density at radius 2 is 2.00 bits per heavy atom. The fourth-order valence-electron chi connectivity index (χ4n) is 4.14. The maximum atomic E-state index is 12.8. The minimum atomic E-state index is 0.178. The van der Waals surface area contributed by atoms with Crippen LogP contribution < -0.4 is 0 Å². The van der Waals surface area contributed by atoms with Gasteiger partial charge in [-0.25, -0.2) is 4.98 Å². The van der Waals surface area contributed by atoms with Crippen LogP contribution in [0.3, 0.4) is 0 Å². The molecule has 0 radical (unpaired) electrons. The van der Waals surface area contributed by atoms with Crippen molar-refractivity contribution < 1.29 is 13.9 Å². The van der Waals surface area contributed by atoms with Crippen molar-refractivity contribution in [2.75, 3.05) is 26.3 Å². The fourth-order valence-corrected chi connectivity index (χ4v) is 4.14. The van der Waals surface area contributed by atoms with E-state index >= 15 is 0 Å². The summed E-state index contributed by atoms with van der Waals surface area (Å²) in [6.07, 6.45) is 1.72. The Bertz CT molecular complexity index is 800. The molecule has 136 valence electrons. The van der Waals surface area contributed by atoms with Crippen molar-refractivity contribution in [3.8, 4) is 0 Å². The highest BCUT2D eigenvalue weighted by molar-refractivity contribution is 5.78. The van der Waals surface area contributed by atoms with Gasteiger partial charge in [-0.15, -0.1) is 0 Å². The summed E-state index contributed by atoms with van der Waals surface area (Å²) >= 11 is 0. The standard InChI is InChI=1S/C20H23N3O3/c24-19(12-22-9-14-3-1-2-4-15(14)10-22)23-7-5-18-17(11-23)21-20(26-18)16-6-8-25-13-16/h1-4,16H,5-13H2. The lowest BCUT2D eigenvalue weighted by atomic mass is 10.1. The van der Waals surface area contributed by atoms with Crippen LogP contribution in [0.4, 0.5) is 0 Å². The van der Waals surface area contributed by atoms with Gasteiger partial charge in [0.1, 0.15) is 11.5 Å². The minimum absolute atomic E-state index is 0.178. The molecule has 6 nitrogen and oxygen atoms in total. The number of rotatable bonds is 3. The third kappa shape index (κ3) is 2.93. The van der Waals surface area contributed by atoms with Crippen LogP contribution in [0.2, 0.25) is 0 Å². The molecule has 5 rings (SSSR count). The van der Waals surface area contributed by atoms with Gasteiger partial charge in [0.2, 0.25) is 5.91 Å². The zero-order valence-corrected chi connectivity index (χ0v) is 14.8. The first-order chi connectivity index (χ1) is 12.8. The summed E-state index contributed by atoms with van der Waals surface area (Å²) in [5.41, 5.74) is 3.60. The van der Waals surface area contributed by atoms with Gasteiger partial charge in [0.15, 0.2) is 5.89 Å². The second-order valence-electron chi connectivity index (χ2n) is 7.46. The molecule has 1 aromatic heterocycles. The summed E-state index contributed by atoms with van der Waals surface area (Å²) in [7, 11) is 0. The molecule has 4 heterocycles. The zero-order valence-electron chi connectivity index (χ0n) is 14.8. The Labute approximate surface area is 152 Å². The van der Waals surface area contributed by atoms with Crippen LogP contribution in [0.25, 0.3) is 0 Å². The van der Waals surface area contributed by atoms with Gasteiger partial charge >= 0.3 is 0 Å². The van der Waals surface area contributed by atoms with Crippen molar-refractivity contribution in [2.45, 2.75) is 38.4 Å². The molecule has 1 unspecified atom stereocenters. The summed E-state index contributed by atoms with van der Waals surface area (Å²) in [5.74, 6) is 2.19. The first-order valence-corrected chi connectivity index (χ1v) is 9.39. The summed E-state index contributed by atoms with van der Waals surface area (Å²) in [5, 5.41) is 0. The molecular formula is C20H23N3O3. The van der Waals surface area contributed by atoms with Crippen LogP contribution in [0.1, 0.15) is 40.8 Å². The molecule has 1 fully saturated rings. The smallest absolute Gasteiger partial charge is 0.237 e. The molecule has 1 amide bonds. The van der Waals surface area contributed by atoms with Crippen LogP contribution in [0.15, 0.2) is 28.7 Å². The Balaban J connectivity index is 1.23. The first kappa shape index (κ1) is 16.0. The molecule has 26 heavy (non-hydrogen) atoms. The van der Waals surface area contributed by atoms with Gasteiger partial charge in [-0.3, -0.25) is 9.69 Å². The molecule has 0 saturated carbocycles. The molecule has 3 aliphatic heterocycles. The maximum Gasteiger partial charge on any atom is 0.237 e. The average molecular weight is 353 g/mol. The molecule has 0 bridgehead atoms. The Morgan fingerprint density at radius 3 is 2.73 bits per heavy atom. The summed E-state index contributed by atoms with van der Waals surface area (Å²) in [6, 6.07) is 8.43. The number of benzene rings is 1.